The molecule has 0 radical (unpaired) electrons. The van der Waals surface area contributed by atoms with Crippen LogP contribution < -0.4 is 0 Å². The largest absolute Gasteiger partial charge is 0.508 e. The summed E-state index contributed by atoms with van der Waals surface area (Å²) in [5.41, 5.74) is 1.94. The van der Waals surface area contributed by atoms with Gasteiger partial charge in [-0.2, -0.15) is 0 Å². The lowest BCUT2D eigenvalue weighted by Crippen LogP contribution is -2.24. The highest BCUT2D eigenvalue weighted by Crippen LogP contribution is 2.28. The Hall–Kier alpha value is -1.06. The maximum atomic E-state index is 9.71. The minimum absolute atomic E-state index is 0.207. The fourth-order valence-electron chi connectivity index (χ4n) is 1.96. The van der Waals surface area contributed by atoms with E-state index in [1.807, 2.05) is 19.1 Å². The Balaban J connectivity index is 2.82. The lowest BCUT2D eigenvalue weighted by atomic mass is 9.89. The molecule has 0 fully saturated rings. The van der Waals surface area contributed by atoms with Gasteiger partial charge in [0.05, 0.1) is 12.2 Å². The van der Waals surface area contributed by atoms with Crippen LogP contribution in [0.5, 0.6) is 5.75 Å². The number of aliphatic hydroxyl groups excluding tert-OH is 2. The van der Waals surface area contributed by atoms with Gasteiger partial charge in [0.25, 0.3) is 0 Å². The molecule has 17 heavy (non-hydrogen) atoms. The fraction of sp³-hybridized carbons (Fsp3) is 0.571. The predicted octanol–water partition coefficient (Wildman–Crippen LogP) is 2.33. The summed E-state index contributed by atoms with van der Waals surface area (Å²) in [6, 6.07) is 5.51. The third-order valence-electron chi connectivity index (χ3n) is 3.27. The number of aliphatic hydroxyl groups is 2. The third-order valence-corrected chi connectivity index (χ3v) is 3.27. The summed E-state index contributed by atoms with van der Waals surface area (Å²) >= 11 is 0. The second-order valence-corrected chi connectivity index (χ2v) is 4.69. The first kappa shape index (κ1) is 14.0. The number of hydrogen-bond acceptors (Lipinski definition) is 3. The molecule has 0 aliphatic carbocycles. The van der Waals surface area contributed by atoms with Crippen molar-refractivity contribution in [3.8, 4) is 5.75 Å². The van der Waals surface area contributed by atoms with Crippen LogP contribution in [0.2, 0.25) is 0 Å². The number of hydrogen-bond donors (Lipinski definition) is 3. The summed E-state index contributed by atoms with van der Waals surface area (Å²) in [6.45, 7) is 5.51. The zero-order valence-corrected chi connectivity index (χ0v) is 10.7. The van der Waals surface area contributed by atoms with Crippen molar-refractivity contribution in [2.24, 2.45) is 0 Å². The van der Waals surface area contributed by atoms with E-state index in [-0.39, 0.29) is 5.92 Å². The van der Waals surface area contributed by atoms with Gasteiger partial charge in [0.1, 0.15) is 5.75 Å². The van der Waals surface area contributed by atoms with Crippen LogP contribution in [0.4, 0.5) is 0 Å². The molecule has 0 heterocycles. The molecule has 0 bridgehead atoms. The highest BCUT2D eigenvalue weighted by molar-refractivity contribution is 5.36. The van der Waals surface area contributed by atoms with Crippen molar-refractivity contribution in [1.29, 1.82) is 0 Å². The van der Waals surface area contributed by atoms with E-state index >= 15 is 0 Å². The molecule has 1 rings (SSSR count). The van der Waals surface area contributed by atoms with Crippen LogP contribution in [0.25, 0.3) is 0 Å². The van der Waals surface area contributed by atoms with E-state index in [0.717, 1.165) is 17.5 Å². The summed E-state index contributed by atoms with van der Waals surface area (Å²) in [7, 11) is 0. The van der Waals surface area contributed by atoms with Crippen LogP contribution in [0.15, 0.2) is 18.2 Å². The summed E-state index contributed by atoms with van der Waals surface area (Å²) in [5.74, 6) is 0.499. The Morgan fingerprint density at radius 3 is 2.35 bits per heavy atom. The Morgan fingerprint density at radius 1 is 1.24 bits per heavy atom. The van der Waals surface area contributed by atoms with Crippen LogP contribution in [0, 0.1) is 6.92 Å². The van der Waals surface area contributed by atoms with Crippen LogP contribution in [-0.4, -0.2) is 27.5 Å². The van der Waals surface area contributed by atoms with Crippen molar-refractivity contribution >= 4 is 0 Å². The van der Waals surface area contributed by atoms with Gasteiger partial charge >= 0.3 is 0 Å². The number of aryl methyl sites for hydroxylation is 1. The average molecular weight is 238 g/mol. The maximum absolute atomic E-state index is 9.71. The van der Waals surface area contributed by atoms with Crippen LogP contribution in [-0.2, 0) is 0 Å². The average Bonchev–Trinajstić information content (AvgIpc) is 2.29. The zero-order valence-electron chi connectivity index (χ0n) is 10.7. The molecule has 0 aromatic heterocycles. The molecule has 3 atom stereocenters. The van der Waals surface area contributed by atoms with E-state index in [4.69, 9.17) is 0 Å². The molecule has 0 saturated carbocycles. The molecule has 3 heteroatoms. The van der Waals surface area contributed by atoms with Gasteiger partial charge in [-0.25, -0.2) is 0 Å². The van der Waals surface area contributed by atoms with Gasteiger partial charge < -0.3 is 15.3 Å². The minimum Gasteiger partial charge on any atom is -0.508 e. The molecular weight excluding hydrogens is 216 g/mol. The molecular formula is C14H22O3. The first-order valence-corrected chi connectivity index (χ1v) is 6.11. The molecule has 0 amide bonds. The number of phenolic OH excluding ortho intramolecular Hbond substituents is 1. The van der Waals surface area contributed by atoms with Crippen LogP contribution >= 0.6 is 0 Å². The summed E-state index contributed by atoms with van der Waals surface area (Å²) in [6.07, 6.45) is 0.0307. The van der Waals surface area contributed by atoms with Gasteiger partial charge in [0.15, 0.2) is 0 Å². The number of aromatic hydroxyl groups is 1. The smallest absolute Gasteiger partial charge is 0.118 e. The fourth-order valence-corrected chi connectivity index (χ4v) is 1.96. The summed E-state index contributed by atoms with van der Waals surface area (Å²) in [4.78, 5) is 0. The Kier molecular flexibility index (Phi) is 4.97. The highest BCUT2D eigenvalue weighted by Gasteiger charge is 2.18. The van der Waals surface area contributed by atoms with Crippen LogP contribution in [0.3, 0.4) is 0 Å². The van der Waals surface area contributed by atoms with Gasteiger partial charge in [-0.05, 0) is 49.8 Å². The molecule has 0 aliphatic heterocycles. The molecule has 1 aromatic rings. The SMILES string of the molecule is CCC(CC(O)C(C)O)c1ccc(O)c(C)c1. The van der Waals surface area contributed by atoms with Crippen molar-refractivity contribution in [1.82, 2.24) is 0 Å². The van der Waals surface area contributed by atoms with Crippen molar-refractivity contribution in [2.45, 2.75) is 51.7 Å². The first-order chi connectivity index (χ1) is 7.95. The monoisotopic (exact) mass is 238 g/mol. The van der Waals surface area contributed by atoms with Gasteiger partial charge in [-0.3, -0.25) is 0 Å². The Morgan fingerprint density at radius 2 is 1.88 bits per heavy atom. The second-order valence-electron chi connectivity index (χ2n) is 4.69. The molecule has 96 valence electrons. The van der Waals surface area contributed by atoms with Crippen molar-refractivity contribution < 1.29 is 15.3 Å². The predicted molar refractivity (Wildman–Crippen MR) is 68.2 cm³/mol. The van der Waals surface area contributed by atoms with Gasteiger partial charge in [0, 0.05) is 0 Å². The molecule has 0 aliphatic rings. The van der Waals surface area contributed by atoms with E-state index in [2.05, 4.69) is 6.92 Å². The van der Waals surface area contributed by atoms with Crippen molar-refractivity contribution in [2.75, 3.05) is 0 Å². The number of benzene rings is 1. The Bertz CT molecular complexity index is 360. The number of phenols is 1. The van der Waals surface area contributed by atoms with Gasteiger partial charge in [-0.1, -0.05) is 19.1 Å². The minimum atomic E-state index is -0.706. The van der Waals surface area contributed by atoms with E-state index in [1.54, 1.807) is 13.0 Å². The lowest BCUT2D eigenvalue weighted by molar-refractivity contribution is 0.0215. The molecule has 1 aromatic carbocycles. The molecule has 0 saturated heterocycles. The van der Waals surface area contributed by atoms with Crippen molar-refractivity contribution in [3.05, 3.63) is 29.3 Å². The zero-order chi connectivity index (χ0) is 13.0. The lowest BCUT2D eigenvalue weighted by Gasteiger charge is -2.21. The highest BCUT2D eigenvalue weighted by atomic mass is 16.3. The maximum Gasteiger partial charge on any atom is 0.118 e. The van der Waals surface area contributed by atoms with E-state index < -0.39 is 12.2 Å². The normalized spacial score (nSPS) is 16.5. The van der Waals surface area contributed by atoms with E-state index in [0.29, 0.717) is 12.2 Å². The number of rotatable bonds is 5. The van der Waals surface area contributed by atoms with Gasteiger partial charge in [0.2, 0.25) is 0 Å². The summed E-state index contributed by atoms with van der Waals surface area (Å²) < 4.78 is 0. The standard InChI is InChI=1S/C14H22O3/c1-4-11(8-14(17)10(3)15)12-5-6-13(16)9(2)7-12/h5-7,10-11,14-17H,4,8H2,1-3H3. The summed E-state index contributed by atoms with van der Waals surface area (Å²) in [5, 5.41) is 28.5. The van der Waals surface area contributed by atoms with Crippen molar-refractivity contribution in [3.63, 3.8) is 0 Å². The molecule has 3 N–H and O–H groups in total. The third kappa shape index (κ3) is 3.72. The van der Waals surface area contributed by atoms with E-state index in [1.165, 1.54) is 0 Å². The van der Waals surface area contributed by atoms with Crippen LogP contribution in [0.1, 0.15) is 43.7 Å². The van der Waals surface area contributed by atoms with Gasteiger partial charge in [-0.15, -0.1) is 0 Å². The first-order valence-electron chi connectivity index (χ1n) is 6.11. The topological polar surface area (TPSA) is 60.7 Å². The quantitative estimate of drug-likeness (QED) is 0.737. The second kappa shape index (κ2) is 6.03. The molecule has 3 unspecified atom stereocenters. The van der Waals surface area contributed by atoms with E-state index in [9.17, 15) is 15.3 Å². The Labute approximate surface area is 103 Å². The molecule has 3 nitrogen and oxygen atoms in total. The molecule has 0 spiro atoms.